The summed E-state index contributed by atoms with van der Waals surface area (Å²) >= 11 is 12.2. The van der Waals surface area contributed by atoms with Crippen molar-refractivity contribution in [1.82, 2.24) is 0 Å². The highest BCUT2D eigenvalue weighted by Gasteiger charge is 2.27. The van der Waals surface area contributed by atoms with Crippen molar-refractivity contribution in [2.24, 2.45) is 0 Å². The lowest BCUT2D eigenvalue weighted by Crippen LogP contribution is -2.38. The van der Waals surface area contributed by atoms with Gasteiger partial charge in [-0.05, 0) is 60.9 Å². The number of benzene rings is 3. The summed E-state index contributed by atoms with van der Waals surface area (Å²) in [6.45, 7) is 1.70. The van der Waals surface area contributed by atoms with E-state index < -0.39 is 22.5 Å². The normalized spacial score (nSPS) is 11.2. The van der Waals surface area contributed by atoms with Crippen LogP contribution in [0.2, 0.25) is 10.0 Å². The lowest BCUT2D eigenvalue weighted by molar-refractivity contribution is -0.114. The monoisotopic (exact) mass is 490 g/mol. The van der Waals surface area contributed by atoms with Crippen LogP contribution in [0.4, 0.5) is 11.4 Å². The van der Waals surface area contributed by atoms with Crippen LogP contribution in [0.5, 0.6) is 0 Å². The molecule has 32 heavy (non-hydrogen) atoms. The predicted octanol–water partition coefficient (Wildman–Crippen LogP) is 6.17. The second-order valence-corrected chi connectivity index (χ2v) is 10.0. The maximum atomic E-state index is 13.3. The Kier molecular flexibility index (Phi) is 8.18. The number of anilines is 2. The van der Waals surface area contributed by atoms with Gasteiger partial charge >= 0.3 is 0 Å². The van der Waals surface area contributed by atoms with Gasteiger partial charge in [0.15, 0.2) is 0 Å². The molecule has 8 heteroatoms. The number of rotatable bonds is 9. The summed E-state index contributed by atoms with van der Waals surface area (Å²) in [6, 6.07) is 19.9. The van der Waals surface area contributed by atoms with Gasteiger partial charge in [-0.1, -0.05) is 66.9 Å². The first-order chi connectivity index (χ1) is 15.3. The van der Waals surface area contributed by atoms with Crippen molar-refractivity contribution < 1.29 is 13.2 Å². The minimum atomic E-state index is -4.04. The summed E-state index contributed by atoms with van der Waals surface area (Å²) in [5.41, 5.74) is 1.99. The second-order valence-electron chi connectivity index (χ2n) is 7.30. The molecule has 0 saturated heterocycles. The molecule has 0 aliphatic carbocycles. The van der Waals surface area contributed by atoms with Gasteiger partial charge in [0.05, 0.1) is 10.6 Å². The van der Waals surface area contributed by atoms with Gasteiger partial charge in [0.25, 0.3) is 10.0 Å². The van der Waals surface area contributed by atoms with Crippen molar-refractivity contribution in [2.75, 3.05) is 16.2 Å². The number of nitrogens with zero attached hydrogens (tertiary/aromatic N) is 1. The molecule has 0 spiro atoms. The fourth-order valence-electron chi connectivity index (χ4n) is 3.18. The predicted molar refractivity (Wildman–Crippen MR) is 131 cm³/mol. The van der Waals surface area contributed by atoms with Gasteiger partial charge in [-0.3, -0.25) is 9.10 Å². The number of halogens is 2. The van der Waals surface area contributed by atoms with Crippen LogP contribution in [-0.4, -0.2) is 20.9 Å². The van der Waals surface area contributed by atoms with Crippen LogP contribution in [0.3, 0.4) is 0 Å². The first-order valence-corrected chi connectivity index (χ1v) is 12.4. The largest absolute Gasteiger partial charge is 0.325 e. The molecule has 168 valence electrons. The SMILES string of the molecule is CCCCc1ccc(NC(=O)CN(c2cc(Cl)cc(Cl)c2)S(=O)(=O)c2ccccc2)cc1. The molecule has 0 aromatic heterocycles. The van der Waals surface area contributed by atoms with E-state index in [4.69, 9.17) is 23.2 Å². The van der Waals surface area contributed by atoms with E-state index in [1.165, 1.54) is 35.9 Å². The Balaban J connectivity index is 1.86. The Morgan fingerprint density at radius 1 is 0.938 bits per heavy atom. The minimum absolute atomic E-state index is 0.0594. The number of carbonyl (C=O) groups is 1. The van der Waals surface area contributed by atoms with E-state index in [2.05, 4.69) is 12.2 Å². The number of unbranched alkanes of at least 4 members (excludes halogenated alkanes) is 1. The summed E-state index contributed by atoms with van der Waals surface area (Å²) in [5.74, 6) is -0.484. The lowest BCUT2D eigenvalue weighted by Gasteiger charge is -2.24. The average Bonchev–Trinajstić information content (AvgIpc) is 2.77. The van der Waals surface area contributed by atoms with Crippen molar-refractivity contribution in [3.63, 3.8) is 0 Å². The minimum Gasteiger partial charge on any atom is -0.325 e. The Bertz CT molecular complexity index is 1150. The third kappa shape index (κ3) is 6.25. The molecular formula is C24H24Cl2N2O3S. The van der Waals surface area contributed by atoms with Crippen LogP contribution < -0.4 is 9.62 Å². The Morgan fingerprint density at radius 3 is 2.16 bits per heavy atom. The first-order valence-electron chi connectivity index (χ1n) is 10.2. The average molecular weight is 491 g/mol. The van der Waals surface area contributed by atoms with Gasteiger partial charge in [-0.15, -0.1) is 0 Å². The standard InChI is InChI=1S/C24H24Cl2N2O3S/c1-2-3-7-18-10-12-21(13-11-18)27-24(29)17-28(22-15-19(25)14-20(26)16-22)32(30,31)23-8-5-4-6-9-23/h4-6,8-16H,2-3,7,17H2,1H3,(H,27,29). The summed E-state index contributed by atoms with van der Waals surface area (Å²) < 4.78 is 27.7. The van der Waals surface area contributed by atoms with E-state index in [-0.39, 0.29) is 20.6 Å². The smallest absolute Gasteiger partial charge is 0.264 e. The molecule has 1 N–H and O–H groups in total. The quantitative estimate of drug-likeness (QED) is 0.389. The zero-order valence-electron chi connectivity index (χ0n) is 17.6. The maximum Gasteiger partial charge on any atom is 0.264 e. The Hall–Kier alpha value is -2.54. The van der Waals surface area contributed by atoms with Gasteiger partial charge < -0.3 is 5.32 Å². The fourth-order valence-corrected chi connectivity index (χ4v) is 5.12. The Labute approximate surface area is 199 Å². The summed E-state index contributed by atoms with van der Waals surface area (Å²) in [7, 11) is -4.04. The maximum absolute atomic E-state index is 13.3. The number of carbonyl (C=O) groups excluding carboxylic acids is 1. The van der Waals surface area contributed by atoms with Crippen LogP contribution >= 0.6 is 23.2 Å². The highest BCUT2D eigenvalue weighted by molar-refractivity contribution is 7.92. The molecule has 3 rings (SSSR count). The van der Waals surface area contributed by atoms with Crippen LogP contribution in [0, 0.1) is 0 Å². The molecule has 0 radical (unpaired) electrons. The van der Waals surface area contributed by atoms with Gasteiger partial charge in [0.1, 0.15) is 6.54 Å². The Morgan fingerprint density at radius 2 is 1.56 bits per heavy atom. The van der Waals surface area contributed by atoms with E-state index in [1.54, 1.807) is 18.2 Å². The van der Waals surface area contributed by atoms with Crippen LogP contribution in [-0.2, 0) is 21.2 Å². The molecule has 5 nitrogen and oxygen atoms in total. The van der Waals surface area contributed by atoms with E-state index in [1.807, 2.05) is 24.3 Å². The molecular weight excluding hydrogens is 467 g/mol. The fraction of sp³-hybridized carbons (Fsp3) is 0.208. The number of hydrogen-bond acceptors (Lipinski definition) is 3. The zero-order chi connectivity index (χ0) is 23.1. The topological polar surface area (TPSA) is 66.5 Å². The van der Waals surface area contributed by atoms with Crippen molar-refractivity contribution in [3.05, 3.63) is 88.4 Å². The number of hydrogen-bond donors (Lipinski definition) is 1. The molecule has 0 heterocycles. The number of sulfonamides is 1. The molecule has 0 saturated carbocycles. The van der Waals surface area contributed by atoms with Gasteiger partial charge in [-0.2, -0.15) is 0 Å². The number of nitrogens with one attached hydrogen (secondary N) is 1. The molecule has 1 amide bonds. The molecule has 0 fully saturated rings. The number of aryl methyl sites for hydroxylation is 1. The molecule has 3 aromatic carbocycles. The van der Waals surface area contributed by atoms with Gasteiger partial charge in [0, 0.05) is 15.7 Å². The molecule has 0 unspecified atom stereocenters. The zero-order valence-corrected chi connectivity index (χ0v) is 19.9. The highest BCUT2D eigenvalue weighted by Crippen LogP contribution is 2.29. The van der Waals surface area contributed by atoms with Gasteiger partial charge in [-0.25, -0.2) is 8.42 Å². The van der Waals surface area contributed by atoms with Crippen molar-refractivity contribution in [2.45, 2.75) is 31.1 Å². The molecule has 0 bridgehead atoms. The van der Waals surface area contributed by atoms with E-state index >= 15 is 0 Å². The molecule has 0 aliphatic rings. The third-order valence-corrected chi connectivity index (χ3v) is 7.03. The van der Waals surface area contributed by atoms with E-state index in [9.17, 15) is 13.2 Å². The summed E-state index contributed by atoms with van der Waals surface area (Å²) in [4.78, 5) is 12.9. The van der Waals surface area contributed by atoms with Gasteiger partial charge in [0.2, 0.25) is 5.91 Å². The second kappa shape index (κ2) is 10.9. The van der Waals surface area contributed by atoms with Crippen LogP contribution in [0.1, 0.15) is 25.3 Å². The number of amides is 1. The van der Waals surface area contributed by atoms with Crippen LogP contribution in [0.15, 0.2) is 77.7 Å². The summed E-state index contributed by atoms with van der Waals surface area (Å²) in [6.07, 6.45) is 3.18. The van der Waals surface area contributed by atoms with Crippen molar-refractivity contribution in [3.8, 4) is 0 Å². The summed E-state index contributed by atoms with van der Waals surface area (Å²) in [5, 5.41) is 3.30. The molecule has 0 aliphatic heterocycles. The lowest BCUT2D eigenvalue weighted by atomic mass is 10.1. The molecule has 3 aromatic rings. The van der Waals surface area contributed by atoms with E-state index in [0.29, 0.717) is 5.69 Å². The molecule has 0 atom stereocenters. The van der Waals surface area contributed by atoms with Crippen molar-refractivity contribution >= 4 is 50.5 Å². The van der Waals surface area contributed by atoms with E-state index in [0.717, 1.165) is 23.6 Å². The van der Waals surface area contributed by atoms with Crippen LogP contribution in [0.25, 0.3) is 0 Å². The first kappa shape index (κ1) is 24.1. The van der Waals surface area contributed by atoms with Crippen molar-refractivity contribution in [1.29, 1.82) is 0 Å². The third-order valence-electron chi connectivity index (χ3n) is 4.81. The highest BCUT2D eigenvalue weighted by atomic mass is 35.5.